The fourth-order valence-electron chi connectivity index (χ4n) is 1.55. The van der Waals surface area contributed by atoms with Crippen molar-refractivity contribution in [1.82, 2.24) is 0 Å². The van der Waals surface area contributed by atoms with Crippen molar-refractivity contribution < 1.29 is 4.39 Å². The number of hydrogen-bond donors (Lipinski definition) is 1. The minimum Gasteiger partial charge on any atom is -0.327 e. The first-order chi connectivity index (χ1) is 8.08. The maximum Gasteiger partial charge on any atom is 0.127 e. The summed E-state index contributed by atoms with van der Waals surface area (Å²) >= 11 is 1.74. The fourth-order valence-corrected chi connectivity index (χ4v) is 2.63. The summed E-state index contributed by atoms with van der Waals surface area (Å²) < 4.78 is 13.8. The first kappa shape index (κ1) is 14.5. The van der Waals surface area contributed by atoms with Crippen molar-refractivity contribution in [2.75, 3.05) is 0 Å². The van der Waals surface area contributed by atoms with E-state index in [-0.39, 0.29) is 11.9 Å². The summed E-state index contributed by atoms with van der Waals surface area (Å²) in [6.07, 6.45) is 2.59. The molecule has 1 aromatic rings. The molecule has 0 aliphatic rings. The molecule has 0 bridgehead atoms. The standard InChI is InChI=1S/C14H22FNS/c1-4-10(3)17-14-8-6-7-13(15)12(14)9-11(16)5-2/h6-8,10-11H,4-5,9,16H2,1-3H3. The normalized spacial score (nSPS) is 14.6. The van der Waals surface area contributed by atoms with Gasteiger partial charge < -0.3 is 5.73 Å². The highest BCUT2D eigenvalue weighted by Gasteiger charge is 2.13. The van der Waals surface area contributed by atoms with Crippen molar-refractivity contribution >= 4 is 11.8 Å². The molecule has 2 N–H and O–H groups in total. The van der Waals surface area contributed by atoms with E-state index in [1.54, 1.807) is 17.8 Å². The summed E-state index contributed by atoms with van der Waals surface area (Å²) in [5.41, 5.74) is 6.71. The smallest absolute Gasteiger partial charge is 0.127 e. The monoisotopic (exact) mass is 255 g/mol. The molecule has 2 atom stereocenters. The first-order valence-electron chi connectivity index (χ1n) is 6.28. The average molecular weight is 255 g/mol. The zero-order valence-electron chi connectivity index (χ0n) is 10.9. The van der Waals surface area contributed by atoms with Gasteiger partial charge in [-0.25, -0.2) is 4.39 Å². The molecule has 96 valence electrons. The predicted molar refractivity (Wildman–Crippen MR) is 74.0 cm³/mol. The number of rotatable bonds is 6. The molecule has 0 heterocycles. The minimum atomic E-state index is -0.123. The molecule has 1 rings (SSSR count). The van der Waals surface area contributed by atoms with Crippen LogP contribution in [0.3, 0.4) is 0 Å². The van der Waals surface area contributed by atoms with Crippen molar-refractivity contribution in [3.8, 4) is 0 Å². The molecule has 0 aliphatic heterocycles. The van der Waals surface area contributed by atoms with Gasteiger partial charge in [-0.15, -0.1) is 11.8 Å². The Balaban J connectivity index is 2.91. The lowest BCUT2D eigenvalue weighted by Crippen LogP contribution is -2.22. The van der Waals surface area contributed by atoms with Gasteiger partial charge in [-0.1, -0.05) is 26.8 Å². The van der Waals surface area contributed by atoms with Gasteiger partial charge in [-0.2, -0.15) is 0 Å². The van der Waals surface area contributed by atoms with Crippen LogP contribution in [-0.4, -0.2) is 11.3 Å². The lowest BCUT2D eigenvalue weighted by Gasteiger charge is -2.16. The summed E-state index contributed by atoms with van der Waals surface area (Å²) in [6, 6.07) is 5.35. The molecule has 0 aliphatic carbocycles. The zero-order chi connectivity index (χ0) is 12.8. The molecule has 3 heteroatoms. The highest BCUT2D eigenvalue weighted by atomic mass is 32.2. The van der Waals surface area contributed by atoms with Crippen LogP contribution < -0.4 is 5.73 Å². The Morgan fingerprint density at radius 3 is 2.59 bits per heavy atom. The van der Waals surface area contributed by atoms with E-state index in [1.807, 2.05) is 13.0 Å². The van der Waals surface area contributed by atoms with Crippen LogP contribution in [0, 0.1) is 5.82 Å². The maximum atomic E-state index is 13.8. The van der Waals surface area contributed by atoms with Crippen molar-refractivity contribution in [2.45, 2.75) is 56.2 Å². The number of halogens is 1. The van der Waals surface area contributed by atoms with E-state index in [4.69, 9.17) is 5.73 Å². The van der Waals surface area contributed by atoms with E-state index >= 15 is 0 Å². The van der Waals surface area contributed by atoms with E-state index in [0.717, 1.165) is 23.3 Å². The van der Waals surface area contributed by atoms with Crippen LogP contribution in [0.15, 0.2) is 23.1 Å². The third kappa shape index (κ3) is 4.32. The van der Waals surface area contributed by atoms with Gasteiger partial charge in [0.05, 0.1) is 0 Å². The molecule has 1 nitrogen and oxygen atoms in total. The van der Waals surface area contributed by atoms with E-state index in [0.29, 0.717) is 11.7 Å². The fraction of sp³-hybridized carbons (Fsp3) is 0.571. The zero-order valence-corrected chi connectivity index (χ0v) is 11.7. The van der Waals surface area contributed by atoms with Gasteiger partial charge in [0.2, 0.25) is 0 Å². The lowest BCUT2D eigenvalue weighted by atomic mass is 10.0. The van der Waals surface area contributed by atoms with Crippen molar-refractivity contribution in [3.05, 3.63) is 29.6 Å². The number of benzene rings is 1. The Morgan fingerprint density at radius 1 is 1.29 bits per heavy atom. The van der Waals surface area contributed by atoms with E-state index in [9.17, 15) is 4.39 Å². The summed E-state index contributed by atoms with van der Waals surface area (Å²) in [5, 5.41) is 0.508. The molecule has 1 aromatic carbocycles. The van der Waals surface area contributed by atoms with Crippen LogP contribution in [0.1, 0.15) is 39.2 Å². The molecule has 0 fully saturated rings. The average Bonchev–Trinajstić information content (AvgIpc) is 2.33. The molecule has 0 saturated heterocycles. The Kier molecular flexibility index (Phi) is 6.00. The maximum absolute atomic E-state index is 13.8. The molecule has 0 radical (unpaired) electrons. The molecule has 17 heavy (non-hydrogen) atoms. The topological polar surface area (TPSA) is 26.0 Å². The molecule has 0 amide bonds. The van der Waals surface area contributed by atoms with Gasteiger partial charge in [0.15, 0.2) is 0 Å². The second-order valence-electron chi connectivity index (χ2n) is 4.43. The Labute approximate surface area is 108 Å². The molecule has 2 unspecified atom stereocenters. The number of nitrogens with two attached hydrogens (primary N) is 1. The summed E-state index contributed by atoms with van der Waals surface area (Å²) in [4.78, 5) is 1.04. The van der Waals surface area contributed by atoms with Gasteiger partial charge >= 0.3 is 0 Å². The summed E-state index contributed by atoms with van der Waals surface area (Å²) in [5.74, 6) is -0.123. The molecule has 0 aromatic heterocycles. The predicted octanol–water partition coefficient (Wildman–Crippen LogP) is 4.00. The van der Waals surface area contributed by atoms with Crippen LogP contribution >= 0.6 is 11.8 Å². The number of thioether (sulfide) groups is 1. The quantitative estimate of drug-likeness (QED) is 0.778. The van der Waals surface area contributed by atoms with Crippen LogP contribution in [-0.2, 0) is 6.42 Å². The van der Waals surface area contributed by atoms with E-state index in [2.05, 4.69) is 13.8 Å². The third-order valence-electron chi connectivity index (χ3n) is 2.97. The first-order valence-corrected chi connectivity index (χ1v) is 7.16. The highest BCUT2D eigenvalue weighted by molar-refractivity contribution is 8.00. The lowest BCUT2D eigenvalue weighted by molar-refractivity contribution is 0.571. The SMILES string of the molecule is CCC(N)Cc1c(F)cccc1SC(C)CC. The molecular formula is C14H22FNS. The Morgan fingerprint density at radius 2 is 2.00 bits per heavy atom. The van der Waals surface area contributed by atoms with Gasteiger partial charge in [0, 0.05) is 21.8 Å². The highest BCUT2D eigenvalue weighted by Crippen LogP contribution is 2.30. The summed E-state index contributed by atoms with van der Waals surface area (Å²) in [7, 11) is 0. The number of hydrogen-bond acceptors (Lipinski definition) is 2. The largest absolute Gasteiger partial charge is 0.327 e. The third-order valence-corrected chi connectivity index (χ3v) is 4.34. The minimum absolute atomic E-state index is 0.0446. The van der Waals surface area contributed by atoms with E-state index in [1.165, 1.54) is 6.07 Å². The van der Waals surface area contributed by atoms with Crippen molar-refractivity contribution in [2.24, 2.45) is 5.73 Å². The van der Waals surface area contributed by atoms with Crippen molar-refractivity contribution in [3.63, 3.8) is 0 Å². The van der Waals surface area contributed by atoms with Crippen molar-refractivity contribution in [1.29, 1.82) is 0 Å². The Bertz CT molecular complexity index is 354. The van der Waals surface area contributed by atoms with Crippen LogP contribution in [0.2, 0.25) is 0 Å². The van der Waals surface area contributed by atoms with Gasteiger partial charge in [-0.05, 0) is 31.4 Å². The second kappa shape index (κ2) is 7.02. The molecule has 0 spiro atoms. The van der Waals surface area contributed by atoms with Crippen LogP contribution in [0.5, 0.6) is 0 Å². The summed E-state index contributed by atoms with van der Waals surface area (Å²) in [6.45, 7) is 6.35. The molecule has 0 saturated carbocycles. The molecular weight excluding hydrogens is 233 g/mol. The van der Waals surface area contributed by atoms with Crippen LogP contribution in [0.25, 0.3) is 0 Å². The van der Waals surface area contributed by atoms with Gasteiger partial charge in [0.1, 0.15) is 5.82 Å². The Hall–Kier alpha value is -0.540. The van der Waals surface area contributed by atoms with Gasteiger partial charge in [-0.3, -0.25) is 0 Å². The second-order valence-corrected chi connectivity index (χ2v) is 5.91. The van der Waals surface area contributed by atoms with Crippen LogP contribution in [0.4, 0.5) is 4.39 Å². The van der Waals surface area contributed by atoms with E-state index < -0.39 is 0 Å². The van der Waals surface area contributed by atoms with Gasteiger partial charge in [0.25, 0.3) is 0 Å².